The van der Waals surface area contributed by atoms with Gasteiger partial charge in [-0.25, -0.2) is 22.2 Å². The zero-order valence-electron chi connectivity index (χ0n) is 18.1. The first kappa shape index (κ1) is 22.6. The molecule has 2 aromatic heterocycles. The molecule has 0 amide bonds. The van der Waals surface area contributed by atoms with Gasteiger partial charge >= 0.3 is 0 Å². The highest BCUT2D eigenvalue weighted by Gasteiger charge is 2.22. The van der Waals surface area contributed by atoms with Gasteiger partial charge in [-0.3, -0.25) is 4.79 Å². The molecule has 33 heavy (non-hydrogen) atoms. The molecule has 0 unspecified atom stereocenters. The Labute approximate surface area is 190 Å². The average Bonchev–Trinajstić information content (AvgIpc) is 3.30. The van der Waals surface area contributed by atoms with E-state index in [0.29, 0.717) is 30.2 Å². The van der Waals surface area contributed by atoms with Crippen LogP contribution >= 0.6 is 0 Å². The largest absolute Gasteiger partial charge is 0.287 e. The lowest BCUT2D eigenvalue weighted by Gasteiger charge is -2.19. The number of halogens is 1. The van der Waals surface area contributed by atoms with Gasteiger partial charge in [0.05, 0.1) is 28.2 Å². The van der Waals surface area contributed by atoms with Crippen molar-refractivity contribution in [2.24, 2.45) is 0 Å². The number of nitrogens with zero attached hydrogens (tertiary/aromatic N) is 5. The molecule has 170 valence electrons. The number of hydrogen-bond donors (Lipinski definition) is 0. The second-order valence-corrected chi connectivity index (χ2v) is 9.11. The van der Waals surface area contributed by atoms with E-state index in [0.717, 1.165) is 0 Å². The molecule has 4 rings (SSSR count). The topological polar surface area (TPSA) is 90.1 Å². The van der Waals surface area contributed by atoms with Gasteiger partial charge in [-0.15, -0.1) is 0 Å². The Hall–Kier alpha value is -3.63. The van der Waals surface area contributed by atoms with Gasteiger partial charge in [0.2, 0.25) is 15.5 Å². The lowest BCUT2D eigenvalue weighted by Crippen LogP contribution is -2.30. The Morgan fingerprint density at radius 2 is 1.70 bits per heavy atom. The van der Waals surface area contributed by atoms with Crippen LogP contribution in [-0.4, -0.2) is 45.4 Å². The molecule has 0 spiro atoms. The van der Waals surface area contributed by atoms with E-state index in [4.69, 9.17) is 0 Å². The molecular weight excluding hydrogens is 445 g/mol. The number of rotatable bonds is 7. The van der Waals surface area contributed by atoms with Crippen molar-refractivity contribution >= 4 is 10.0 Å². The van der Waals surface area contributed by atoms with Crippen LogP contribution in [0, 0.1) is 5.82 Å². The lowest BCUT2D eigenvalue weighted by atomic mass is 10.2. The molecule has 2 heterocycles. The van der Waals surface area contributed by atoms with E-state index in [1.54, 1.807) is 44.2 Å². The van der Waals surface area contributed by atoms with Crippen molar-refractivity contribution in [1.29, 1.82) is 0 Å². The van der Waals surface area contributed by atoms with Gasteiger partial charge in [0.1, 0.15) is 5.82 Å². The van der Waals surface area contributed by atoms with E-state index in [-0.39, 0.29) is 16.0 Å². The molecule has 0 radical (unpaired) electrons. The van der Waals surface area contributed by atoms with Crippen LogP contribution in [0.4, 0.5) is 4.39 Å². The Bertz CT molecular complexity index is 1460. The fourth-order valence-electron chi connectivity index (χ4n) is 3.52. The summed E-state index contributed by atoms with van der Waals surface area (Å²) in [4.78, 5) is 12.8. The summed E-state index contributed by atoms with van der Waals surface area (Å²) in [5, 5.41) is 8.65. The Morgan fingerprint density at radius 3 is 2.42 bits per heavy atom. The number of sulfonamides is 1. The molecule has 2 aromatic carbocycles. The summed E-state index contributed by atoms with van der Waals surface area (Å²) in [5.74, 6) is -0.432. The average molecular weight is 468 g/mol. The molecular formula is C23H22FN5O3S. The van der Waals surface area contributed by atoms with E-state index >= 15 is 0 Å². The van der Waals surface area contributed by atoms with Crippen molar-refractivity contribution in [2.75, 3.05) is 13.1 Å². The van der Waals surface area contributed by atoms with E-state index in [1.165, 1.54) is 56.4 Å². The fourth-order valence-corrected chi connectivity index (χ4v) is 5.02. The Balaban J connectivity index is 1.80. The maximum absolute atomic E-state index is 13.7. The van der Waals surface area contributed by atoms with Gasteiger partial charge in [0.25, 0.3) is 0 Å². The van der Waals surface area contributed by atoms with E-state index < -0.39 is 15.8 Å². The van der Waals surface area contributed by atoms with Crippen LogP contribution in [0.1, 0.15) is 13.8 Å². The Morgan fingerprint density at radius 1 is 0.970 bits per heavy atom. The first-order valence-electron chi connectivity index (χ1n) is 10.4. The van der Waals surface area contributed by atoms with Crippen molar-refractivity contribution < 1.29 is 12.8 Å². The first-order valence-corrected chi connectivity index (χ1v) is 11.8. The van der Waals surface area contributed by atoms with E-state index in [2.05, 4.69) is 10.2 Å². The van der Waals surface area contributed by atoms with Crippen molar-refractivity contribution in [1.82, 2.24) is 23.9 Å². The lowest BCUT2D eigenvalue weighted by molar-refractivity contribution is 0.445. The number of benzene rings is 2. The van der Waals surface area contributed by atoms with Gasteiger partial charge in [0, 0.05) is 25.4 Å². The molecule has 0 saturated carbocycles. The van der Waals surface area contributed by atoms with E-state index in [1.807, 2.05) is 0 Å². The molecule has 0 aliphatic rings. The van der Waals surface area contributed by atoms with Crippen molar-refractivity contribution in [3.63, 3.8) is 0 Å². The van der Waals surface area contributed by atoms with Crippen LogP contribution in [0.5, 0.6) is 0 Å². The predicted molar refractivity (Wildman–Crippen MR) is 122 cm³/mol. The molecule has 4 aromatic rings. The molecule has 10 heteroatoms. The molecule has 8 nitrogen and oxygen atoms in total. The molecule has 0 saturated heterocycles. The molecule has 0 atom stereocenters. The van der Waals surface area contributed by atoms with Crippen LogP contribution in [-0.2, 0) is 10.0 Å². The van der Waals surface area contributed by atoms with Gasteiger partial charge in [0.15, 0.2) is 5.69 Å². The summed E-state index contributed by atoms with van der Waals surface area (Å²) in [5.41, 5.74) is 1.04. The minimum Gasteiger partial charge on any atom is -0.287 e. The smallest absolute Gasteiger partial charge is 0.243 e. The van der Waals surface area contributed by atoms with Gasteiger partial charge < -0.3 is 0 Å². The maximum Gasteiger partial charge on any atom is 0.243 e. The third-order valence-electron chi connectivity index (χ3n) is 5.17. The second-order valence-electron chi connectivity index (χ2n) is 7.17. The highest BCUT2D eigenvalue weighted by molar-refractivity contribution is 7.89. The van der Waals surface area contributed by atoms with Crippen molar-refractivity contribution in [2.45, 2.75) is 18.7 Å². The van der Waals surface area contributed by atoms with E-state index in [9.17, 15) is 17.6 Å². The summed E-state index contributed by atoms with van der Waals surface area (Å²) in [6.07, 6.45) is 2.97. The normalized spacial score (nSPS) is 11.8. The highest BCUT2D eigenvalue weighted by atomic mass is 32.2. The SMILES string of the molecule is CCN(CC)S(=O)(=O)c1cccc(-n2ccc(=O)c(-c3ccnn3-c3cccc(F)c3)n2)c1. The quantitative estimate of drug-likeness (QED) is 0.416. The summed E-state index contributed by atoms with van der Waals surface area (Å²) in [6.45, 7) is 4.27. The summed E-state index contributed by atoms with van der Waals surface area (Å²) < 4.78 is 43.8. The van der Waals surface area contributed by atoms with Crippen LogP contribution in [0.2, 0.25) is 0 Å². The minimum atomic E-state index is -3.66. The molecule has 0 bridgehead atoms. The highest BCUT2D eigenvalue weighted by Crippen LogP contribution is 2.21. The second kappa shape index (κ2) is 9.08. The standard InChI is InChI=1S/C23H22FN5O3S/c1-3-27(4-2)33(31,32)20-10-6-8-18(16-20)28-14-12-22(30)23(26-28)21-11-13-25-29(21)19-9-5-7-17(24)15-19/h5-16H,3-4H2,1-2H3. The molecule has 0 aliphatic heterocycles. The third kappa shape index (κ3) is 4.35. The zero-order valence-corrected chi connectivity index (χ0v) is 18.9. The predicted octanol–water partition coefficient (Wildman–Crippen LogP) is 3.25. The Kier molecular flexibility index (Phi) is 6.21. The zero-order chi connectivity index (χ0) is 23.6. The molecule has 0 aliphatic carbocycles. The van der Waals surface area contributed by atoms with Crippen LogP contribution in [0.15, 0.2) is 82.7 Å². The number of hydrogen-bond acceptors (Lipinski definition) is 5. The van der Waals surface area contributed by atoms with Gasteiger partial charge in [-0.05, 0) is 42.5 Å². The van der Waals surface area contributed by atoms with Gasteiger partial charge in [-0.1, -0.05) is 26.0 Å². The molecule has 0 fully saturated rings. The molecule has 0 N–H and O–H groups in total. The van der Waals surface area contributed by atoms with Crippen molar-refractivity contribution in [3.05, 3.63) is 89.1 Å². The summed E-state index contributed by atoms with van der Waals surface area (Å²) >= 11 is 0. The van der Waals surface area contributed by atoms with Crippen LogP contribution in [0.3, 0.4) is 0 Å². The van der Waals surface area contributed by atoms with Gasteiger partial charge in [-0.2, -0.15) is 14.5 Å². The third-order valence-corrected chi connectivity index (χ3v) is 7.22. The monoisotopic (exact) mass is 467 g/mol. The fraction of sp³-hybridized carbons (Fsp3) is 0.174. The summed E-state index contributed by atoms with van der Waals surface area (Å²) in [7, 11) is -3.66. The van der Waals surface area contributed by atoms with Crippen LogP contribution in [0.25, 0.3) is 22.8 Å². The number of aromatic nitrogens is 4. The summed E-state index contributed by atoms with van der Waals surface area (Å²) in [6, 6.07) is 15.2. The maximum atomic E-state index is 13.7. The first-order chi connectivity index (χ1) is 15.8. The van der Waals surface area contributed by atoms with Crippen molar-refractivity contribution in [3.8, 4) is 22.8 Å². The van der Waals surface area contributed by atoms with Crippen LogP contribution < -0.4 is 5.43 Å². The minimum absolute atomic E-state index is 0.0938.